The van der Waals surface area contributed by atoms with Crippen molar-refractivity contribution < 1.29 is 19.4 Å². The number of carbonyl (C=O) groups excluding carboxylic acids is 2. The van der Waals surface area contributed by atoms with Crippen molar-refractivity contribution >= 4 is 11.8 Å². The Morgan fingerprint density at radius 1 is 1.25 bits per heavy atom. The Bertz CT molecular complexity index is 700. The number of carbonyl (C=O) groups is 2. The highest BCUT2D eigenvalue weighted by Crippen LogP contribution is 2.29. The van der Waals surface area contributed by atoms with Gasteiger partial charge in [0, 0.05) is 33.1 Å². The van der Waals surface area contributed by atoms with Crippen LogP contribution < -0.4 is 4.74 Å². The molecule has 2 amide bonds. The highest BCUT2D eigenvalue weighted by atomic mass is 16.5. The lowest BCUT2D eigenvalue weighted by molar-refractivity contribution is -0.143. The van der Waals surface area contributed by atoms with E-state index in [-0.39, 0.29) is 23.5 Å². The molecule has 1 N–H and O–H groups in total. The van der Waals surface area contributed by atoms with Crippen molar-refractivity contribution in [2.24, 2.45) is 11.8 Å². The fourth-order valence-corrected chi connectivity index (χ4v) is 4.47. The predicted octanol–water partition coefficient (Wildman–Crippen LogP) is 3.18. The van der Waals surface area contributed by atoms with Gasteiger partial charge in [0.15, 0.2) is 11.5 Å². The van der Waals surface area contributed by atoms with Crippen LogP contribution in [0.3, 0.4) is 0 Å². The van der Waals surface area contributed by atoms with E-state index in [0.29, 0.717) is 37.6 Å². The normalized spacial score (nSPS) is 20.9. The Kier molecular flexibility index (Phi) is 6.81. The van der Waals surface area contributed by atoms with E-state index in [4.69, 9.17) is 4.74 Å². The van der Waals surface area contributed by atoms with Crippen molar-refractivity contribution in [2.45, 2.75) is 51.5 Å². The van der Waals surface area contributed by atoms with Gasteiger partial charge in [-0.05, 0) is 42.9 Å². The highest BCUT2D eigenvalue weighted by Gasteiger charge is 2.33. The molecule has 6 nitrogen and oxygen atoms in total. The minimum atomic E-state index is -0.141. The van der Waals surface area contributed by atoms with Gasteiger partial charge in [0.25, 0.3) is 0 Å². The number of aromatic hydroxyl groups is 1. The largest absolute Gasteiger partial charge is 0.504 e. The van der Waals surface area contributed by atoms with Gasteiger partial charge in [-0.1, -0.05) is 25.3 Å². The van der Waals surface area contributed by atoms with Crippen molar-refractivity contribution in [3.05, 3.63) is 23.8 Å². The van der Waals surface area contributed by atoms with Gasteiger partial charge in [-0.3, -0.25) is 9.59 Å². The molecule has 0 radical (unpaired) electrons. The summed E-state index contributed by atoms with van der Waals surface area (Å²) >= 11 is 0. The zero-order valence-corrected chi connectivity index (χ0v) is 17.0. The second-order valence-electron chi connectivity index (χ2n) is 8.24. The Morgan fingerprint density at radius 2 is 2.00 bits per heavy atom. The molecule has 0 spiro atoms. The molecule has 28 heavy (non-hydrogen) atoms. The highest BCUT2D eigenvalue weighted by molar-refractivity contribution is 5.83. The molecular weight excluding hydrogens is 356 g/mol. The smallest absolute Gasteiger partial charge is 0.227 e. The van der Waals surface area contributed by atoms with Crippen LogP contribution in [0.25, 0.3) is 0 Å². The number of phenolic OH excluding ortho intramolecular Hbond substituents is 1. The molecule has 0 bridgehead atoms. The summed E-state index contributed by atoms with van der Waals surface area (Å²) in [6.07, 6.45) is 7.29. The molecule has 3 rings (SSSR count). The molecule has 1 aromatic carbocycles. The first-order valence-electron chi connectivity index (χ1n) is 10.4. The molecular formula is C22H32N2O4. The lowest BCUT2D eigenvalue weighted by Crippen LogP contribution is -2.47. The fraction of sp³-hybridized carbons (Fsp3) is 0.636. The number of benzene rings is 1. The SMILES string of the molecule is COc1ccc(CN(C)C(=O)C2CCC(=O)N(CC3CCCCC3)C2)cc1O. The Balaban J connectivity index is 1.57. The van der Waals surface area contributed by atoms with Gasteiger partial charge in [0.1, 0.15) is 0 Å². The lowest BCUT2D eigenvalue weighted by Gasteiger charge is -2.36. The van der Waals surface area contributed by atoms with E-state index in [9.17, 15) is 14.7 Å². The van der Waals surface area contributed by atoms with E-state index in [1.54, 1.807) is 24.1 Å². The molecule has 1 heterocycles. The summed E-state index contributed by atoms with van der Waals surface area (Å²) in [6, 6.07) is 5.18. The maximum absolute atomic E-state index is 13.0. The molecule has 2 aliphatic rings. The minimum Gasteiger partial charge on any atom is -0.504 e. The van der Waals surface area contributed by atoms with E-state index < -0.39 is 0 Å². The van der Waals surface area contributed by atoms with Crippen molar-refractivity contribution in [1.82, 2.24) is 9.80 Å². The number of likely N-dealkylation sites (tertiary alicyclic amines) is 1. The molecule has 2 fully saturated rings. The van der Waals surface area contributed by atoms with Crippen molar-refractivity contribution in [3.63, 3.8) is 0 Å². The zero-order valence-electron chi connectivity index (χ0n) is 17.0. The van der Waals surface area contributed by atoms with E-state index in [1.165, 1.54) is 39.2 Å². The lowest BCUT2D eigenvalue weighted by atomic mass is 9.87. The van der Waals surface area contributed by atoms with Gasteiger partial charge in [0.2, 0.25) is 11.8 Å². The summed E-state index contributed by atoms with van der Waals surface area (Å²) in [7, 11) is 3.29. The van der Waals surface area contributed by atoms with Crippen LogP contribution in [-0.2, 0) is 16.1 Å². The first kappa shape index (κ1) is 20.5. The van der Waals surface area contributed by atoms with E-state index in [2.05, 4.69) is 0 Å². The third-order valence-corrected chi connectivity index (χ3v) is 6.09. The number of methoxy groups -OCH3 is 1. The number of hydrogen-bond donors (Lipinski definition) is 1. The third kappa shape index (κ3) is 4.97. The average Bonchev–Trinajstić information content (AvgIpc) is 2.70. The third-order valence-electron chi connectivity index (χ3n) is 6.09. The van der Waals surface area contributed by atoms with Crippen LogP contribution in [0.5, 0.6) is 11.5 Å². The number of nitrogens with zero attached hydrogens (tertiary/aromatic N) is 2. The van der Waals surface area contributed by atoms with Gasteiger partial charge >= 0.3 is 0 Å². The summed E-state index contributed by atoms with van der Waals surface area (Å²) < 4.78 is 5.06. The molecule has 1 saturated heterocycles. The van der Waals surface area contributed by atoms with Crippen LogP contribution in [0, 0.1) is 11.8 Å². The number of hydrogen-bond acceptors (Lipinski definition) is 4. The summed E-state index contributed by atoms with van der Waals surface area (Å²) in [5, 5.41) is 9.94. The summed E-state index contributed by atoms with van der Waals surface area (Å²) in [5.74, 6) is 1.20. The quantitative estimate of drug-likeness (QED) is 0.813. The predicted molar refractivity (Wildman–Crippen MR) is 107 cm³/mol. The number of amides is 2. The summed E-state index contributed by atoms with van der Waals surface area (Å²) in [4.78, 5) is 28.9. The van der Waals surface area contributed by atoms with Gasteiger partial charge in [-0.25, -0.2) is 0 Å². The second kappa shape index (κ2) is 9.30. The fourth-order valence-electron chi connectivity index (χ4n) is 4.47. The molecule has 6 heteroatoms. The van der Waals surface area contributed by atoms with Crippen LogP contribution in [0.15, 0.2) is 18.2 Å². The van der Waals surface area contributed by atoms with Crippen LogP contribution in [0.2, 0.25) is 0 Å². The summed E-state index contributed by atoms with van der Waals surface area (Å²) in [5.41, 5.74) is 0.847. The average molecular weight is 389 g/mol. The molecule has 1 aromatic rings. The first-order chi connectivity index (χ1) is 13.5. The number of phenols is 1. The van der Waals surface area contributed by atoms with Crippen molar-refractivity contribution in [1.29, 1.82) is 0 Å². The van der Waals surface area contributed by atoms with Gasteiger partial charge in [0.05, 0.1) is 13.0 Å². The maximum Gasteiger partial charge on any atom is 0.227 e. The van der Waals surface area contributed by atoms with Gasteiger partial charge in [-0.15, -0.1) is 0 Å². The molecule has 1 aliphatic heterocycles. The standard InChI is InChI=1S/C22H32N2O4/c1-23(13-17-8-10-20(28-2)19(25)12-17)22(27)18-9-11-21(26)24(15-18)14-16-6-4-3-5-7-16/h8,10,12,16,18,25H,3-7,9,11,13-15H2,1-2H3. The summed E-state index contributed by atoms with van der Waals surface area (Å²) in [6.45, 7) is 1.76. The number of ether oxygens (including phenoxy) is 1. The monoisotopic (exact) mass is 388 g/mol. The van der Waals surface area contributed by atoms with E-state index >= 15 is 0 Å². The molecule has 1 saturated carbocycles. The van der Waals surface area contributed by atoms with Crippen LogP contribution >= 0.6 is 0 Å². The minimum absolute atomic E-state index is 0.0662. The zero-order chi connectivity index (χ0) is 20.1. The van der Waals surface area contributed by atoms with Crippen molar-refractivity contribution in [2.75, 3.05) is 27.2 Å². The van der Waals surface area contributed by atoms with Crippen LogP contribution in [0.4, 0.5) is 0 Å². The number of piperidine rings is 1. The molecule has 0 aromatic heterocycles. The topological polar surface area (TPSA) is 70.1 Å². The molecule has 1 unspecified atom stereocenters. The van der Waals surface area contributed by atoms with Gasteiger partial charge < -0.3 is 19.6 Å². The second-order valence-corrected chi connectivity index (χ2v) is 8.24. The molecule has 1 atom stereocenters. The van der Waals surface area contributed by atoms with Gasteiger partial charge in [-0.2, -0.15) is 0 Å². The Labute approximate surface area is 167 Å². The Hall–Kier alpha value is -2.24. The van der Waals surface area contributed by atoms with Crippen molar-refractivity contribution in [3.8, 4) is 11.5 Å². The maximum atomic E-state index is 13.0. The van der Waals surface area contributed by atoms with E-state index in [1.807, 2.05) is 11.0 Å². The number of rotatable bonds is 6. The first-order valence-corrected chi connectivity index (χ1v) is 10.4. The molecule has 1 aliphatic carbocycles. The Morgan fingerprint density at radius 3 is 2.68 bits per heavy atom. The molecule has 154 valence electrons. The van der Waals surface area contributed by atoms with Crippen LogP contribution in [-0.4, -0.2) is 54.0 Å². The van der Waals surface area contributed by atoms with Crippen LogP contribution in [0.1, 0.15) is 50.5 Å². The van der Waals surface area contributed by atoms with E-state index in [0.717, 1.165) is 12.1 Å².